The molecule has 3 nitrogen and oxygen atoms in total. The van der Waals surface area contributed by atoms with Crippen LogP contribution in [0, 0.1) is 0 Å². The molecule has 0 aliphatic carbocycles. The summed E-state index contributed by atoms with van der Waals surface area (Å²) in [6.07, 6.45) is 0.849. The fourth-order valence-corrected chi connectivity index (χ4v) is 2.42. The molecule has 94 valence electrons. The molecule has 0 radical (unpaired) electrons. The minimum atomic E-state index is 0.849. The molecule has 0 aliphatic rings. The molecule has 0 fully saturated rings. The highest BCUT2D eigenvalue weighted by atomic mass is 32.2. The Balaban J connectivity index is 2.24. The van der Waals surface area contributed by atoms with Crippen molar-refractivity contribution in [3.63, 3.8) is 0 Å². The second-order valence-corrected chi connectivity index (χ2v) is 4.90. The van der Waals surface area contributed by atoms with Crippen molar-refractivity contribution in [2.45, 2.75) is 30.2 Å². The van der Waals surface area contributed by atoms with E-state index in [1.807, 2.05) is 24.3 Å². The van der Waals surface area contributed by atoms with E-state index in [-0.39, 0.29) is 0 Å². The SMILES string of the molecule is CCNc1cc(Sc2ccccc2)nc(CC)n1. The summed E-state index contributed by atoms with van der Waals surface area (Å²) in [6, 6.07) is 12.3. The molecule has 0 unspecified atom stereocenters. The maximum absolute atomic E-state index is 4.54. The average molecular weight is 259 g/mol. The van der Waals surface area contributed by atoms with Gasteiger partial charge in [0, 0.05) is 23.9 Å². The zero-order valence-electron chi connectivity index (χ0n) is 10.7. The molecule has 2 rings (SSSR count). The number of hydrogen-bond donors (Lipinski definition) is 1. The molecule has 1 N–H and O–H groups in total. The Morgan fingerprint density at radius 1 is 1.11 bits per heavy atom. The lowest BCUT2D eigenvalue weighted by molar-refractivity contribution is 0.887. The van der Waals surface area contributed by atoms with Gasteiger partial charge in [-0.25, -0.2) is 9.97 Å². The van der Waals surface area contributed by atoms with Crippen LogP contribution >= 0.6 is 11.8 Å². The zero-order valence-corrected chi connectivity index (χ0v) is 11.5. The second-order valence-electron chi connectivity index (χ2n) is 3.81. The van der Waals surface area contributed by atoms with Crippen molar-refractivity contribution in [1.29, 1.82) is 0 Å². The molecule has 2 aromatic rings. The van der Waals surface area contributed by atoms with E-state index >= 15 is 0 Å². The van der Waals surface area contributed by atoms with Gasteiger partial charge in [0.15, 0.2) is 0 Å². The van der Waals surface area contributed by atoms with E-state index in [1.54, 1.807) is 11.8 Å². The van der Waals surface area contributed by atoms with E-state index in [4.69, 9.17) is 0 Å². The van der Waals surface area contributed by atoms with Crippen LogP contribution in [0.5, 0.6) is 0 Å². The normalized spacial score (nSPS) is 10.3. The highest BCUT2D eigenvalue weighted by Crippen LogP contribution is 2.27. The number of aryl methyl sites for hydroxylation is 1. The standard InChI is InChI=1S/C14H17N3S/c1-3-12-16-13(15-4-2)10-14(17-12)18-11-8-6-5-7-9-11/h5-10H,3-4H2,1-2H3,(H,15,16,17). The minimum absolute atomic E-state index is 0.849. The molecule has 0 atom stereocenters. The van der Waals surface area contributed by atoms with Crippen LogP contribution in [-0.4, -0.2) is 16.5 Å². The van der Waals surface area contributed by atoms with Crippen molar-refractivity contribution < 1.29 is 0 Å². The Bertz CT molecular complexity index is 500. The monoisotopic (exact) mass is 259 g/mol. The number of nitrogens with one attached hydrogen (secondary N) is 1. The van der Waals surface area contributed by atoms with Crippen LogP contribution in [0.2, 0.25) is 0 Å². The summed E-state index contributed by atoms with van der Waals surface area (Å²) in [5, 5.41) is 4.23. The zero-order chi connectivity index (χ0) is 12.8. The van der Waals surface area contributed by atoms with Crippen molar-refractivity contribution in [2.24, 2.45) is 0 Å². The van der Waals surface area contributed by atoms with Crippen LogP contribution in [-0.2, 0) is 6.42 Å². The number of benzene rings is 1. The van der Waals surface area contributed by atoms with Crippen LogP contribution in [0.4, 0.5) is 5.82 Å². The Labute approximate surface area is 112 Å². The number of rotatable bonds is 5. The smallest absolute Gasteiger partial charge is 0.131 e. The van der Waals surface area contributed by atoms with Crippen molar-refractivity contribution in [3.8, 4) is 0 Å². The number of nitrogens with zero attached hydrogens (tertiary/aromatic N) is 2. The fourth-order valence-electron chi connectivity index (χ4n) is 1.56. The Morgan fingerprint density at radius 3 is 2.56 bits per heavy atom. The molecular weight excluding hydrogens is 242 g/mol. The van der Waals surface area contributed by atoms with E-state index in [9.17, 15) is 0 Å². The molecule has 1 aromatic carbocycles. The average Bonchev–Trinajstić information content (AvgIpc) is 2.40. The quantitative estimate of drug-likeness (QED) is 0.832. The maximum atomic E-state index is 4.54. The van der Waals surface area contributed by atoms with E-state index in [1.165, 1.54) is 4.90 Å². The van der Waals surface area contributed by atoms with Gasteiger partial charge in [-0.1, -0.05) is 36.9 Å². The van der Waals surface area contributed by atoms with Gasteiger partial charge in [0.1, 0.15) is 16.7 Å². The lowest BCUT2D eigenvalue weighted by Gasteiger charge is -2.07. The van der Waals surface area contributed by atoms with Gasteiger partial charge in [0.2, 0.25) is 0 Å². The predicted molar refractivity (Wildman–Crippen MR) is 76.1 cm³/mol. The number of aromatic nitrogens is 2. The van der Waals surface area contributed by atoms with Gasteiger partial charge in [-0.3, -0.25) is 0 Å². The van der Waals surface area contributed by atoms with E-state index < -0.39 is 0 Å². The van der Waals surface area contributed by atoms with Gasteiger partial charge in [-0.15, -0.1) is 0 Å². The molecule has 0 spiro atoms. The first-order valence-electron chi connectivity index (χ1n) is 6.16. The molecule has 0 saturated heterocycles. The topological polar surface area (TPSA) is 37.8 Å². The third kappa shape index (κ3) is 3.47. The molecule has 0 saturated carbocycles. The summed E-state index contributed by atoms with van der Waals surface area (Å²) in [5.41, 5.74) is 0. The van der Waals surface area contributed by atoms with Crippen molar-refractivity contribution in [3.05, 3.63) is 42.2 Å². The number of anilines is 1. The molecule has 4 heteroatoms. The molecule has 0 amide bonds. The van der Waals surface area contributed by atoms with Gasteiger partial charge in [-0.2, -0.15) is 0 Å². The molecule has 1 aromatic heterocycles. The third-order valence-electron chi connectivity index (χ3n) is 2.39. The molecule has 18 heavy (non-hydrogen) atoms. The fraction of sp³-hybridized carbons (Fsp3) is 0.286. The van der Waals surface area contributed by atoms with Gasteiger partial charge < -0.3 is 5.32 Å². The Kier molecular flexibility index (Phi) is 4.59. The summed E-state index contributed by atoms with van der Waals surface area (Å²) >= 11 is 1.67. The van der Waals surface area contributed by atoms with Gasteiger partial charge in [-0.05, 0) is 19.1 Å². The summed E-state index contributed by atoms with van der Waals surface area (Å²) in [5.74, 6) is 1.79. The lowest BCUT2D eigenvalue weighted by Crippen LogP contribution is -2.03. The molecular formula is C14H17N3S. The van der Waals surface area contributed by atoms with E-state index in [0.29, 0.717) is 0 Å². The first-order chi connectivity index (χ1) is 8.81. The first-order valence-corrected chi connectivity index (χ1v) is 6.98. The lowest BCUT2D eigenvalue weighted by atomic mass is 10.4. The highest BCUT2D eigenvalue weighted by Gasteiger charge is 2.04. The number of hydrogen-bond acceptors (Lipinski definition) is 4. The van der Waals surface area contributed by atoms with Crippen LogP contribution in [0.3, 0.4) is 0 Å². The van der Waals surface area contributed by atoms with Gasteiger partial charge >= 0.3 is 0 Å². The van der Waals surface area contributed by atoms with E-state index in [2.05, 4.69) is 41.3 Å². The van der Waals surface area contributed by atoms with Crippen LogP contribution in [0.25, 0.3) is 0 Å². The van der Waals surface area contributed by atoms with Crippen LogP contribution < -0.4 is 5.32 Å². The van der Waals surface area contributed by atoms with E-state index in [0.717, 1.165) is 29.6 Å². The van der Waals surface area contributed by atoms with Crippen molar-refractivity contribution in [2.75, 3.05) is 11.9 Å². The first kappa shape index (κ1) is 12.9. The summed E-state index contributed by atoms with van der Waals surface area (Å²) in [6.45, 7) is 5.01. The highest BCUT2D eigenvalue weighted by molar-refractivity contribution is 7.99. The minimum Gasteiger partial charge on any atom is -0.370 e. The Morgan fingerprint density at radius 2 is 1.89 bits per heavy atom. The predicted octanol–water partition coefficient (Wildman–Crippen LogP) is 3.62. The van der Waals surface area contributed by atoms with Gasteiger partial charge in [0.25, 0.3) is 0 Å². The van der Waals surface area contributed by atoms with Crippen LogP contribution in [0.15, 0.2) is 46.3 Å². The summed E-state index contributed by atoms with van der Waals surface area (Å²) in [4.78, 5) is 10.2. The van der Waals surface area contributed by atoms with Crippen molar-refractivity contribution >= 4 is 17.6 Å². The Hall–Kier alpha value is -1.55. The third-order valence-corrected chi connectivity index (χ3v) is 3.31. The molecule has 0 aliphatic heterocycles. The van der Waals surface area contributed by atoms with Gasteiger partial charge in [0.05, 0.1) is 0 Å². The molecule has 0 bridgehead atoms. The largest absolute Gasteiger partial charge is 0.370 e. The summed E-state index contributed by atoms with van der Waals surface area (Å²) in [7, 11) is 0. The molecule has 1 heterocycles. The van der Waals surface area contributed by atoms with Crippen LogP contribution in [0.1, 0.15) is 19.7 Å². The van der Waals surface area contributed by atoms with Crippen molar-refractivity contribution in [1.82, 2.24) is 9.97 Å². The second kappa shape index (κ2) is 6.40. The summed E-state index contributed by atoms with van der Waals surface area (Å²) < 4.78 is 0. The maximum Gasteiger partial charge on any atom is 0.131 e.